The molecular weight excluding hydrogens is 210 g/mol. The van der Waals surface area contributed by atoms with E-state index < -0.39 is 0 Å². The zero-order chi connectivity index (χ0) is 10.7. The van der Waals surface area contributed by atoms with Gasteiger partial charge in [-0.05, 0) is 6.42 Å². The molecule has 1 aromatic heterocycles. The second-order valence-electron chi connectivity index (χ2n) is 3.85. The second kappa shape index (κ2) is 4.75. The van der Waals surface area contributed by atoms with Gasteiger partial charge in [-0.15, -0.1) is 0 Å². The number of carbonyl (C=O) groups excluding carboxylic acids is 1. The van der Waals surface area contributed by atoms with E-state index in [0.29, 0.717) is 13.0 Å². The number of rotatable bonds is 0. The molecular formula is C11H16NO2S+. The maximum atomic E-state index is 11.2. The van der Waals surface area contributed by atoms with Crippen LogP contribution in [0, 0.1) is 6.92 Å². The van der Waals surface area contributed by atoms with Crippen molar-refractivity contribution in [3.8, 4) is 0 Å². The number of thiazole rings is 1. The molecule has 0 saturated carbocycles. The van der Waals surface area contributed by atoms with Crippen LogP contribution in [0.5, 0.6) is 0 Å². The Labute approximate surface area is 93.7 Å². The van der Waals surface area contributed by atoms with Crippen LogP contribution in [0.1, 0.15) is 29.8 Å². The molecule has 82 valence electrons. The molecule has 15 heavy (non-hydrogen) atoms. The van der Waals surface area contributed by atoms with Crippen molar-refractivity contribution in [1.82, 2.24) is 0 Å². The first-order valence-electron chi connectivity index (χ1n) is 5.39. The average Bonchev–Trinajstić information content (AvgIpc) is 2.53. The molecule has 1 aliphatic rings. The number of esters is 1. The zero-order valence-corrected chi connectivity index (χ0v) is 9.81. The summed E-state index contributed by atoms with van der Waals surface area (Å²) in [6.45, 7) is 3.70. The van der Waals surface area contributed by atoms with Crippen molar-refractivity contribution in [2.45, 2.75) is 39.2 Å². The fourth-order valence-corrected chi connectivity index (χ4v) is 2.80. The Morgan fingerprint density at radius 3 is 3.13 bits per heavy atom. The number of aromatic nitrogens is 1. The van der Waals surface area contributed by atoms with Crippen LogP contribution in [0.2, 0.25) is 0 Å². The van der Waals surface area contributed by atoms with Gasteiger partial charge < -0.3 is 4.74 Å². The molecule has 1 aliphatic heterocycles. The first-order chi connectivity index (χ1) is 7.27. The lowest BCUT2D eigenvalue weighted by Gasteiger charge is -2.01. The lowest BCUT2D eigenvalue weighted by atomic mass is 10.2. The summed E-state index contributed by atoms with van der Waals surface area (Å²) in [5.41, 5.74) is 3.51. The third-order valence-corrected chi connectivity index (χ3v) is 3.92. The van der Waals surface area contributed by atoms with Gasteiger partial charge >= 0.3 is 5.97 Å². The molecule has 0 amide bonds. The van der Waals surface area contributed by atoms with Gasteiger partial charge in [0.2, 0.25) is 5.51 Å². The smallest absolute Gasteiger partial charge is 0.305 e. The SMILES string of the molecule is Cc1c2sc[n+]1CCCCC(=O)OCC2. The van der Waals surface area contributed by atoms with Crippen molar-refractivity contribution in [1.29, 1.82) is 0 Å². The summed E-state index contributed by atoms with van der Waals surface area (Å²) in [4.78, 5) is 12.6. The fourth-order valence-electron chi connectivity index (χ4n) is 1.79. The minimum Gasteiger partial charge on any atom is -0.465 e. The largest absolute Gasteiger partial charge is 0.465 e. The summed E-state index contributed by atoms with van der Waals surface area (Å²) in [7, 11) is 0. The number of nitrogens with zero attached hydrogens (tertiary/aromatic N) is 1. The molecule has 1 aromatic rings. The first-order valence-corrected chi connectivity index (χ1v) is 6.27. The summed E-state index contributed by atoms with van der Waals surface area (Å²) < 4.78 is 7.44. The van der Waals surface area contributed by atoms with Crippen LogP contribution in [0.15, 0.2) is 5.51 Å². The van der Waals surface area contributed by atoms with E-state index in [-0.39, 0.29) is 5.97 Å². The van der Waals surface area contributed by atoms with Crippen LogP contribution < -0.4 is 4.57 Å². The third-order valence-electron chi connectivity index (χ3n) is 2.78. The molecule has 4 heteroatoms. The third kappa shape index (κ3) is 2.56. The molecule has 0 spiro atoms. The van der Waals surface area contributed by atoms with E-state index in [0.717, 1.165) is 25.8 Å². The molecule has 0 aromatic carbocycles. The van der Waals surface area contributed by atoms with Gasteiger partial charge in [0.05, 0.1) is 11.5 Å². The molecule has 0 N–H and O–H groups in total. The minimum atomic E-state index is -0.0463. The Hall–Kier alpha value is -0.900. The number of carbonyl (C=O) groups is 1. The van der Waals surface area contributed by atoms with E-state index in [2.05, 4.69) is 17.0 Å². The molecule has 0 atom stereocenters. The second-order valence-corrected chi connectivity index (χ2v) is 4.79. The van der Waals surface area contributed by atoms with Crippen molar-refractivity contribution < 1.29 is 14.1 Å². The fraction of sp³-hybridized carbons (Fsp3) is 0.636. The van der Waals surface area contributed by atoms with E-state index in [1.165, 1.54) is 10.6 Å². The Balaban J connectivity index is 2.12. The predicted octanol–water partition coefficient (Wildman–Crippen LogP) is 1.61. The number of ether oxygens (including phenoxy) is 1. The van der Waals surface area contributed by atoms with Crippen LogP contribution in [0.3, 0.4) is 0 Å². The van der Waals surface area contributed by atoms with Gasteiger partial charge in [-0.25, -0.2) is 0 Å². The lowest BCUT2D eigenvalue weighted by molar-refractivity contribution is -0.698. The number of hydrogen-bond donors (Lipinski definition) is 0. The van der Waals surface area contributed by atoms with E-state index in [1.54, 1.807) is 11.3 Å². The molecule has 0 saturated heterocycles. The molecule has 2 bridgehead atoms. The molecule has 0 unspecified atom stereocenters. The van der Waals surface area contributed by atoms with Crippen molar-refractivity contribution >= 4 is 17.3 Å². The number of hydrogen-bond acceptors (Lipinski definition) is 3. The van der Waals surface area contributed by atoms with Gasteiger partial charge in [-0.3, -0.25) is 4.79 Å². The highest BCUT2D eigenvalue weighted by molar-refractivity contribution is 7.09. The molecule has 2 rings (SSSR count). The van der Waals surface area contributed by atoms with Gasteiger partial charge in [-0.2, -0.15) is 4.57 Å². The normalized spacial score (nSPS) is 18.1. The minimum absolute atomic E-state index is 0.0463. The average molecular weight is 226 g/mol. The molecule has 3 nitrogen and oxygen atoms in total. The number of aryl methyl sites for hydroxylation is 1. The van der Waals surface area contributed by atoms with E-state index >= 15 is 0 Å². The Morgan fingerprint density at radius 1 is 1.40 bits per heavy atom. The van der Waals surface area contributed by atoms with Gasteiger partial charge in [0, 0.05) is 26.2 Å². The maximum Gasteiger partial charge on any atom is 0.305 e. The summed E-state index contributed by atoms with van der Waals surface area (Å²) in [6, 6.07) is 0. The topological polar surface area (TPSA) is 30.2 Å². The first kappa shape index (κ1) is 10.6. The van der Waals surface area contributed by atoms with E-state index in [9.17, 15) is 4.79 Å². The van der Waals surface area contributed by atoms with Crippen LogP contribution in [0.4, 0.5) is 0 Å². The zero-order valence-electron chi connectivity index (χ0n) is 8.99. The number of cyclic esters (lactones) is 1. The van der Waals surface area contributed by atoms with E-state index in [1.807, 2.05) is 0 Å². The molecule has 0 aliphatic carbocycles. The van der Waals surface area contributed by atoms with Crippen molar-refractivity contribution in [3.63, 3.8) is 0 Å². The van der Waals surface area contributed by atoms with Crippen LogP contribution in [0.25, 0.3) is 0 Å². The highest BCUT2D eigenvalue weighted by Gasteiger charge is 2.16. The highest BCUT2D eigenvalue weighted by atomic mass is 32.1. The lowest BCUT2D eigenvalue weighted by Crippen LogP contribution is -2.34. The van der Waals surface area contributed by atoms with Crippen molar-refractivity contribution in [2.24, 2.45) is 0 Å². The van der Waals surface area contributed by atoms with Crippen LogP contribution >= 0.6 is 11.3 Å². The van der Waals surface area contributed by atoms with Gasteiger partial charge in [0.25, 0.3) is 0 Å². The van der Waals surface area contributed by atoms with Crippen molar-refractivity contribution in [3.05, 3.63) is 16.1 Å². The Kier molecular flexibility index (Phi) is 3.36. The monoisotopic (exact) mass is 226 g/mol. The van der Waals surface area contributed by atoms with Gasteiger partial charge in [0.1, 0.15) is 6.54 Å². The van der Waals surface area contributed by atoms with E-state index in [4.69, 9.17) is 4.74 Å². The standard InChI is InChI=1S/C11H16NO2S/c1-9-10-5-7-14-11(13)4-2-3-6-12(9)8-15-10/h8H,2-7H2,1H3/q+1. The van der Waals surface area contributed by atoms with Gasteiger partial charge in [0.15, 0.2) is 5.69 Å². The van der Waals surface area contributed by atoms with Crippen molar-refractivity contribution in [2.75, 3.05) is 6.61 Å². The number of fused-ring (bicyclic) bond motifs is 2. The quantitative estimate of drug-likeness (QED) is 0.497. The Bertz CT molecular complexity index is 359. The summed E-state index contributed by atoms with van der Waals surface area (Å²) >= 11 is 1.76. The van der Waals surface area contributed by atoms with Gasteiger partial charge in [-0.1, -0.05) is 11.3 Å². The maximum absolute atomic E-state index is 11.2. The highest BCUT2D eigenvalue weighted by Crippen LogP contribution is 2.13. The van der Waals surface area contributed by atoms with Crippen LogP contribution in [-0.2, 0) is 22.5 Å². The Morgan fingerprint density at radius 2 is 2.27 bits per heavy atom. The molecule has 2 heterocycles. The summed E-state index contributed by atoms with van der Waals surface area (Å²) in [6.07, 6.45) is 3.40. The molecule has 0 fully saturated rings. The summed E-state index contributed by atoms with van der Waals surface area (Å²) in [5.74, 6) is -0.0463. The van der Waals surface area contributed by atoms with Crippen LogP contribution in [-0.4, -0.2) is 12.6 Å². The molecule has 0 radical (unpaired) electrons. The predicted molar refractivity (Wildman–Crippen MR) is 57.8 cm³/mol. The summed E-state index contributed by atoms with van der Waals surface area (Å²) in [5, 5.41) is 0.